The molecule has 0 aliphatic rings. The quantitative estimate of drug-likeness (QED) is 0.112. The zero-order valence-electron chi connectivity index (χ0n) is 20.8. The summed E-state index contributed by atoms with van der Waals surface area (Å²) < 4.78 is 0. The number of hydrogen-bond donors (Lipinski definition) is 1. The van der Waals surface area contributed by atoms with Gasteiger partial charge in [0.05, 0.1) is 4.92 Å². The van der Waals surface area contributed by atoms with Gasteiger partial charge in [-0.2, -0.15) is 0 Å². The number of non-ortho nitro benzene ring substituents is 1. The molecule has 0 aromatic heterocycles. The number of nitrogens with zero attached hydrogens (tertiary/aromatic N) is 2. The van der Waals surface area contributed by atoms with Crippen molar-refractivity contribution in [3.63, 3.8) is 0 Å². The van der Waals surface area contributed by atoms with E-state index in [4.69, 9.17) is 0 Å². The Labute approximate surface area is 200 Å². The molecule has 6 nitrogen and oxygen atoms in total. The van der Waals surface area contributed by atoms with Gasteiger partial charge in [0.25, 0.3) is 5.69 Å². The van der Waals surface area contributed by atoms with Crippen LogP contribution in [0.3, 0.4) is 0 Å². The first kappa shape index (κ1) is 28.9. The highest BCUT2D eigenvalue weighted by Gasteiger charge is 2.15. The molecule has 0 atom stereocenters. The van der Waals surface area contributed by atoms with Crippen LogP contribution in [-0.2, 0) is 0 Å². The smallest absolute Gasteiger partial charge is 0.411 e. The number of nitro benzene ring substituents is 1. The second kappa shape index (κ2) is 19.4. The van der Waals surface area contributed by atoms with Gasteiger partial charge in [-0.3, -0.25) is 15.0 Å². The van der Waals surface area contributed by atoms with Gasteiger partial charge in [-0.1, -0.05) is 116 Å². The van der Waals surface area contributed by atoms with Crippen LogP contribution in [0.2, 0.25) is 0 Å². The van der Waals surface area contributed by atoms with Crippen LogP contribution >= 0.6 is 0 Å². The Morgan fingerprint density at radius 2 is 1.09 bits per heavy atom. The van der Waals surface area contributed by atoms with Gasteiger partial charge in [0.1, 0.15) is 0 Å². The largest absolute Gasteiger partial charge is 0.465 e. The lowest BCUT2D eigenvalue weighted by molar-refractivity contribution is -0.384. The molecule has 0 fully saturated rings. The van der Waals surface area contributed by atoms with Crippen LogP contribution in [0.15, 0.2) is 24.3 Å². The summed E-state index contributed by atoms with van der Waals surface area (Å²) in [5, 5.41) is 20.2. The first-order valence-corrected chi connectivity index (χ1v) is 13.3. The van der Waals surface area contributed by atoms with Crippen molar-refractivity contribution in [3.05, 3.63) is 34.4 Å². The van der Waals surface area contributed by atoms with Gasteiger partial charge in [0, 0.05) is 24.4 Å². The molecule has 0 heterocycles. The molecular formula is C27H46N2O4. The van der Waals surface area contributed by atoms with Crippen molar-refractivity contribution < 1.29 is 14.8 Å². The maximum atomic E-state index is 11.5. The Kier molecular flexibility index (Phi) is 17.0. The molecule has 1 N–H and O–H groups in total. The van der Waals surface area contributed by atoms with Crippen LogP contribution in [-0.4, -0.2) is 22.7 Å². The van der Waals surface area contributed by atoms with Crippen LogP contribution in [0.25, 0.3) is 0 Å². The molecular weight excluding hydrogens is 416 g/mol. The van der Waals surface area contributed by atoms with E-state index >= 15 is 0 Å². The summed E-state index contributed by atoms with van der Waals surface area (Å²) in [6, 6.07) is 5.70. The molecule has 1 aromatic rings. The number of benzene rings is 1. The third-order valence-electron chi connectivity index (χ3n) is 6.34. The van der Waals surface area contributed by atoms with E-state index in [2.05, 4.69) is 6.92 Å². The fourth-order valence-corrected chi connectivity index (χ4v) is 4.26. The van der Waals surface area contributed by atoms with E-state index in [0.717, 1.165) is 19.3 Å². The lowest BCUT2D eigenvalue weighted by Gasteiger charge is -2.19. The number of rotatable bonds is 21. The molecule has 0 unspecified atom stereocenters. The average molecular weight is 463 g/mol. The zero-order valence-corrected chi connectivity index (χ0v) is 20.8. The number of amides is 1. The van der Waals surface area contributed by atoms with Crippen molar-refractivity contribution in [1.29, 1.82) is 0 Å². The fourth-order valence-electron chi connectivity index (χ4n) is 4.26. The van der Waals surface area contributed by atoms with Crippen molar-refractivity contribution in [2.24, 2.45) is 0 Å². The third-order valence-corrected chi connectivity index (χ3v) is 6.34. The van der Waals surface area contributed by atoms with Gasteiger partial charge >= 0.3 is 6.09 Å². The van der Waals surface area contributed by atoms with Crippen molar-refractivity contribution >= 4 is 17.5 Å². The molecule has 0 saturated heterocycles. The summed E-state index contributed by atoms with van der Waals surface area (Å²) in [5.41, 5.74) is 0.456. The van der Waals surface area contributed by atoms with Gasteiger partial charge in [0.15, 0.2) is 0 Å². The summed E-state index contributed by atoms with van der Waals surface area (Å²) >= 11 is 0. The minimum absolute atomic E-state index is 0.0303. The second-order valence-corrected chi connectivity index (χ2v) is 9.22. The van der Waals surface area contributed by atoms with Crippen LogP contribution in [0, 0.1) is 10.1 Å². The number of carbonyl (C=O) groups is 1. The molecule has 1 rings (SSSR count). The Morgan fingerprint density at radius 1 is 0.727 bits per heavy atom. The van der Waals surface area contributed by atoms with Gasteiger partial charge in [-0.25, -0.2) is 4.79 Å². The summed E-state index contributed by atoms with van der Waals surface area (Å²) in [6.45, 7) is 2.69. The van der Waals surface area contributed by atoms with Crippen molar-refractivity contribution in [3.8, 4) is 0 Å². The summed E-state index contributed by atoms with van der Waals surface area (Å²) in [5.74, 6) is 0. The number of nitro groups is 1. The van der Waals surface area contributed by atoms with E-state index in [1.807, 2.05) is 0 Å². The lowest BCUT2D eigenvalue weighted by Crippen LogP contribution is -2.30. The van der Waals surface area contributed by atoms with E-state index < -0.39 is 11.0 Å². The number of anilines is 1. The second-order valence-electron chi connectivity index (χ2n) is 9.22. The maximum absolute atomic E-state index is 11.5. The highest BCUT2D eigenvalue weighted by Crippen LogP contribution is 2.20. The molecule has 0 saturated carbocycles. The molecule has 0 bridgehead atoms. The first-order valence-electron chi connectivity index (χ1n) is 13.3. The van der Waals surface area contributed by atoms with Crippen LogP contribution in [0.1, 0.15) is 122 Å². The predicted octanol–water partition coefficient (Wildman–Crippen LogP) is 9.12. The summed E-state index contributed by atoms with van der Waals surface area (Å²) in [7, 11) is 0. The minimum atomic E-state index is -1.02. The Hall–Kier alpha value is -2.11. The highest BCUT2D eigenvalue weighted by atomic mass is 16.6. The van der Waals surface area contributed by atoms with Crippen molar-refractivity contribution in [2.45, 2.75) is 122 Å². The first-order chi connectivity index (χ1) is 16.1. The molecule has 0 radical (unpaired) electrons. The van der Waals surface area contributed by atoms with Crippen molar-refractivity contribution in [1.82, 2.24) is 0 Å². The Bertz CT molecular complexity index is 634. The van der Waals surface area contributed by atoms with Gasteiger partial charge in [0.2, 0.25) is 0 Å². The van der Waals surface area contributed by atoms with Gasteiger partial charge < -0.3 is 5.11 Å². The van der Waals surface area contributed by atoms with E-state index in [1.54, 1.807) is 0 Å². The minimum Gasteiger partial charge on any atom is -0.465 e. The van der Waals surface area contributed by atoms with E-state index in [-0.39, 0.29) is 5.69 Å². The Morgan fingerprint density at radius 3 is 1.42 bits per heavy atom. The fraction of sp³-hybridized carbons (Fsp3) is 0.741. The molecule has 6 heteroatoms. The molecule has 0 spiro atoms. The predicted molar refractivity (Wildman–Crippen MR) is 137 cm³/mol. The number of carboxylic acid groups (broad SMARTS) is 1. The van der Waals surface area contributed by atoms with E-state index in [1.165, 1.54) is 125 Å². The maximum Gasteiger partial charge on any atom is 0.411 e. The molecule has 1 amide bonds. The molecule has 1 aromatic carbocycles. The van der Waals surface area contributed by atoms with Crippen LogP contribution in [0.4, 0.5) is 16.2 Å². The van der Waals surface area contributed by atoms with Crippen LogP contribution in [0.5, 0.6) is 0 Å². The summed E-state index contributed by atoms with van der Waals surface area (Å²) in [6.07, 6.45) is 22.4. The number of unbranched alkanes of at least 4 members (excludes halogenated alkanes) is 17. The van der Waals surface area contributed by atoms with E-state index in [9.17, 15) is 20.0 Å². The zero-order chi connectivity index (χ0) is 24.2. The van der Waals surface area contributed by atoms with Crippen molar-refractivity contribution in [2.75, 3.05) is 11.4 Å². The molecule has 33 heavy (non-hydrogen) atoms. The standard InChI is InChI=1S/C27H46N2O4/c1-2-3-4-5-6-7-8-9-10-11-12-13-14-15-16-17-18-19-24-28(27(30)31)25-20-22-26(23-21-25)29(32)33/h20-23H,2-19,24H2,1H3,(H,30,31). The molecule has 188 valence electrons. The molecule has 0 aliphatic heterocycles. The highest BCUT2D eigenvalue weighted by molar-refractivity contribution is 5.86. The SMILES string of the molecule is CCCCCCCCCCCCCCCCCCCCN(C(=O)O)c1ccc([N+](=O)[O-])cc1. The average Bonchev–Trinajstić information content (AvgIpc) is 2.80. The number of hydrogen-bond acceptors (Lipinski definition) is 3. The van der Waals surface area contributed by atoms with Crippen LogP contribution < -0.4 is 4.90 Å². The Balaban J connectivity index is 1.95. The third kappa shape index (κ3) is 14.6. The topological polar surface area (TPSA) is 83.7 Å². The normalized spacial score (nSPS) is 10.9. The summed E-state index contributed by atoms with van der Waals surface area (Å²) in [4.78, 5) is 23.1. The van der Waals surface area contributed by atoms with Gasteiger partial charge in [-0.15, -0.1) is 0 Å². The molecule has 0 aliphatic carbocycles. The lowest BCUT2D eigenvalue weighted by atomic mass is 10.0. The van der Waals surface area contributed by atoms with E-state index in [0.29, 0.717) is 12.2 Å². The monoisotopic (exact) mass is 462 g/mol. The van der Waals surface area contributed by atoms with Gasteiger partial charge in [-0.05, 0) is 18.6 Å².